The first-order valence-corrected chi connectivity index (χ1v) is 9.78. The van der Waals surface area contributed by atoms with E-state index in [4.69, 9.17) is 4.99 Å². The lowest BCUT2D eigenvalue weighted by atomic mass is 10.1. The predicted molar refractivity (Wildman–Crippen MR) is 116 cm³/mol. The molecule has 27 heavy (non-hydrogen) atoms. The van der Waals surface area contributed by atoms with Crippen LogP contribution in [0.3, 0.4) is 0 Å². The highest BCUT2D eigenvalue weighted by Gasteiger charge is 2.22. The lowest BCUT2D eigenvalue weighted by Gasteiger charge is -2.30. The quantitative estimate of drug-likeness (QED) is 0.362. The average molecular weight is 366 g/mol. The number of hydrogen-bond acceptors (Lipinski definition) is 3. The normalized spacial score (nSPS) is 13.0. The largest absolute Gasteiger partial charge is 0.342 e. The molecular weight excluding hydrogens is 348 g/mol. The van der Waals surface area contributed by atoms with Crippen LogP contribution in [0.4, 0.5) is 17.1 Å². The molecule has 0 amide bonds. The van der Waals surface area contributed by atoms with Crippen molar-refractivity contribution in [1.29, 1.82) is 0 Å². The number of fused-ring (bicyclic) bond motifs is 3. The van der Waals surface area contributed by atoms with Crippen LogP contribution >= 0.6 is 11.8 Å². The van der Waals surface area contributed by atoms with Gasteiger partial charge in [-0.05, 0) is 41.1 Å². The maximum Gasteiger partial charge on any atom is 0.0639 e. The highest BCUT2D eigenvalue weighted by Crippen LogP contribution is 2.48. The molecule has 5 rings (SSSR count). The van der Waals surface area contributed by atoms with Crippen molar-refractivity contribution in [2.75, 3.05) is 11.9 Å². The highest BCUT2D eigenvalue weighted by molar-refractivity contribution is 7.99. The summed E-state index contributed by atoms with van der Waals surface area (Å²) in [5.41, 5.74) is 4.55. The third-order valence-electron chi connectivity index (χ3n) is 4.90. The third-order valence-corrected chi connectivity index (χ3v) is 6.01. The molecule has 0 saturated carbocycles. The Hall–Kier alpha value is -3.04. The number of para-hydroxylation sites is 2. The summed E-state index contributed by atoms with van der Waals surface area (Å²) in [6.07, 6.45) is 1.98. The Bertz CT molecular complexity index is 1180. The summed E-state index contributed by atoms with van der Waals surface area (Å²) in [6.45, 7) is 0. The van der Waals surface area contributed by atoms with E-state index in [0.29, 0.717) is 0 Å². The molecule has 0 fully saturated rings. The second-order valence-electron chi connectivity index (χ2n) is 6.61. The lowest BCUT2D eigenvalue weighted by molar-refractivity contribution is 1.11. The topological polar surface area (TPSA) is 15.6 Å². The summed E-state index contributed by atoms with van der Waals surface area (Å²) < 4.78 is 0. The molecule has 0 spiro atoms. The molecule has 1 aliphatic rings. The van der Waals surface area contributed by atoms with Crippen LogP contribution < -0.4 is 4.90 Å². The summed E-state index contributed by atoms with van der Waals surface area (Å²) in [5.74, 6) is 0. The van der Waals surface area contributed by atoms with Crippen molar-refractivity contribution in [3.05, 3.63) is 90.5 Å². The Morgan fingerprint density at radius 3 is 2.48 bits per heavy atom. The van der Waals surface area contributed by atoms with Crippen LogP contribution in [0.15, 0.2) is 99.7 Å². The van der Waals surface area contributed by atoms with E-state index in [-0.39, 0.29) is 0 Å². The van der Waals surface area contributed by atoms with E-state index < -0.39 is 0 Å². The third kappa shape index (κ3) is 2.90. The number of rotatable bonds is 2. The zero-order valence-corrected chi connectivity index (χ0v) is 15.8. The van der Waals surface area contributed by atoms with E-state index in [1.807, 2.05) is 18.0 Å². The fraction of sp³-hybridized carbons (Fsp3) is 0.0417. The standard InChI is InChI=1S/C24H18N2S/c1-26-21-10-4-5-11-22(21)27-23-12-6-9-19(24(23)26)16-25-20-14-13-17-7-2-3-8-18(17)15-20/h2-16H,1H3. The van der Waals surface area contributed by atoms with Crippen LogP contribution in [-0.4, -0.2) is 13.3 Å². The van der Waals surface area contributed by atoms with Crippen LogP contribution in [0.2, 0.25) is 0 Å². The molecule has 130 valence electrons. The van der Waals surface area contributed by atoms with Gasteiger partial charge in [-0.25, -0.2) is 0 Å². The number of anilines is 2. The first-order chi connectivity index (χ1) is 13.3. The molecule has 1 heterocycles. The van der Waals surface area contributed by atoms with Crippen LogP contribution in [0.5, 0.6) is 0 Å². The average Bonchev–Trinajstić information content (AvgIpc) is 2.72. The van der Waals surface area contributed by atoms with E-state index in [1.165, 1.54) is 31.9 Å². The van der Waals surface area contributed by atoms with Gasteiger partial charge < -0.3 is 4.90 Å². The lowest BCUT2D eigenvalue weighted by Crippen LogP contribution is -2.16. The molecular formula is C24H18N2S. The summed E-state index contributed by atoms with van der Waals surface area (Å²) in [7, 11) is 2.13. The van der Waals surface area contributed by atoms with Crippen molar-refractivity contribution < 1.29 is 0 Å². The van der Waals surface area contributed by atoms with Gasteiger partial charge >= 0.3 is 0 Å². The van der Waals surface area contributed by atoms with E-state index in [0.717, 1.165) is 11.3 Å². The van der Waals surface area contributed by atoms with Gasteiger partial charge in [0.1, 0.15) is 0 Å². The minimum Gasteiger partial charge on any atom is -0.342 e. The molecule has 0 saturated heterocycles. The van der Waals surface area contributed by atoms with Crippen molar-refractivity contribution in [3.63, 3.8) is 0 Å². The van der Waals surface area contributed by atoms with Gasteiger partial charge in [-0.3, -0.25) is 4.99 Å². The fourth-order valence-corrected chi connectivity index (χ4v) is 4.74. The molecule has 4 aromatic carbocycles. The van der Waals surface area contributed by atoms with Gasteiger partial charge in [0.15, 0.2) is 0 Å². The van der Waals surface area contributed by atoms with Crippen molar-refractivity contribution in [2.45, 2.75) is 9.79 Å². The Labute approximate surface area is 163 Å². The maximum absolute atomic E-state index is 4.76. The Kier molecular flexibility index (Phi) is 3.95. The SMILES string of the molecule is CN1c2ccccc2Sc2cccc(C=Nc3ccc4ccccc4c3)c21. The second-order valence-corrected chi connectivity index (χ2v) is 7.70. The van der Waals surface area contributed by atoms with Crippen molar-refractivity contribution in [3.8, 4) is 0 Å². The Morgan fingerprint density at radius 2 is 1.56 bits per heavy atom. The molecule has 0 aromatic heterocycles. The minimum absolute atomic E-state index is 0.970. The van der Waals surface area contributed by atoms with Gasteiger partial charge in [0, 0.05) is 28.6 Å². The van der Waals surface area contributed by atoms with Crippen molar-refractivity contribution in [1.82, 2.24) is 0 Å². The molecule has 0 aliphatic carbocycles. The second kappa shape index (κ2) is 6.60. The van der Waals surface area contributed by atoms with Gasteiger partial charge in [-0.15, -0.1) is 0 Å². The van der Waals surface area contributed by atoms with Crippen LogP contribution in [0, 0.1) is 0 Å². The highest BCUT2D eigenvalue weighted by atomic mass is 32.2. The van der Waals surface area contributed by atoms with Gasteiger partial charge in [0.25, 0.3) is 0 Å². The first kappa shape index (κ1) is 16.2. The Morgan fingerprint density at radius 1 is 0.778 bits per heavy atom. The molecule has 4 aromatic rings. The molecule has 0 unspecified atom stereocenters. The zero-order chi connectivity index (χ0) is 18.2. The van der Waals surface area contributed by atoms with Crippen molar-refractivity contribution >= 4 is 45.8 Å². The number of nitrogens with zero attached hydrogens (tertiary/aromatic N) is 2. The first-order valence-electron chi connectivity index (χ1n) is 8.96. The molecule has 0 radical (unpaired) electrons. The fourth-order valence-electron chi connectivity index (χ4n) is 3.55. The summed E-state index contributed by atoms with van der Waals surface area (Å²) >= 11 is 1.82. The van der Waals surface area contributed by atoms with Gasteiger partial charge in [-0.2, -0.15) is 0 Å². The molecule has 0 bridgehead atoms. The maximum atomic E-state index is 4.76. The summed E-state index contributed by atoms with van der Waals surface area (Å²) in [6, 6.07) is 29.7. The summed E-state index contributed by atoms with van der Waals surface area (Å²) in [5, 5.41) is 2.45. The van der Waals surface area contributed by atoms with Crippen LogP contribution in [-0.2, 0) is 0 Å². The predicted octanol–water partition coefficient (Wildman–Crippen LogP) is 6.82. The number of hydrogen-bond donors (Lipinski definition) is 0. The number of aliphatic imine (C=N–C) groups is 1. The van der Waals surface area contributed by atoms with Crippen molar-refractivity contribution in [2.24, 2.45) is 4.99 Å². The molecule has 2 nitrogen and oxygen atoms in total. The van der Waals surface area contributed by atoms with E-state index in [1.54, 1.807) is 0 Å². The smallest absolute Gasteiger partial charge is 0.0639 e. The van der Waals surface area contributed by atoms with Gasteiger partial charge in [0.2, 0.25) is 0 Å². The number of benzene rings is 4. The molecule has 3 heteroatoms. The molecule has 0 N–H and O–H groups in total. The molecule has 0 atom stereocenters. The van der Waals surface area contributed by atoms with E-state index in [9.17, 15) is 0 Å². The van der Waals surface area contributed by atoms with Crippen LogP contribution in [0.1, 0.15) is 5.56 Å². The monoisotopic (exact) mass is 366 g/mol. The summed E-state index contributed by atoms with van der Waals surface area (Å²) in [4.78, 5) is 9.58. The van der Waals surface area contributed by atoms with Gasteiger partial charge in [0.05, 0.1) is 17.1 Å². The Balaban J connectivity index is 1.54. The minimum atomic E-state index is 0.970. The molecule has 1 aliphatic heterocycles. The zero-order valence-electron chi connectivity index (χ0n) is 15.0. The van der Waals surface area contributed by atoms with E-state index in [2.05, 4.69) is 96.9 Å². The van der Waals surface area contributed by atoms with E-state index >= 15 is 0 Å². The van der Waals surface area contributed by atoms with Crippen LogP contribution in [0.25, 0.3) is 10.8 Å². The van der Waals surface area contributed by atoms with Gasteiger partial charge in [-0.1, -0.05) is 66.4 Å².